The Balaban J connectivity index is 1.89. The Kier molecular flexibility index (Phi) is 3.24. The summed E-state index contributed by atoms with van der Waals surface area (Å²) in [6, 6.07) is 3.98. The zero-order valence-corrected chi connectivity index (χ0v) is 9.52. The lowest BCUT2D eigenvalue weighted by molar-refractivity contribution is 0.156. The Morgan fingerprint density at radius 1 is 1.25 bits per heavy atom. The van der Waals surface area contributed by atoms with Crippen LogP contribution < -0.4 is 5.32 Å². The van der Waals surface area contributed by atoms with E-state index in [0.717, 1.165) is 6.54 Å². The molecule has 1 nitrogen and oxygen atoms in total. The Morgan fingerprint density at radius 3 is 2.38 bits per heavy atom. The number of benzene rings is 1. The molecular weight excluding hydrogens is 208 g/mol. The van der Waals surface area contributed by atoms with Gasteiger partial charge in [0, 0.05) is 18.7 Å². The topological polar surface area (TPSA) is 12.0 Å². The molecule has 2 rings (SSSR count). The lowest BCUT2D eigenvalue weighted by Gasteiger charge is -2.38. The highest BCUT2D eigenvalue weighted by Gasteiger charge is 2.31. The van der Waals surface area contributed by atoms with E-state index in [4.69, 9.17) is 0 Å². The molecule has 0 aliphatic heterocycles. The van der Waals surface area contributed by atoms with E-state index in [-0.39, 0.29) is 12.1 Å². The summed E-state index contributed by atoms with van der Waals surface area (Å²) in [7, 11) is 0. The molecule has 0 saturated heterocycles. The summed E-state index contributed by atoms with van der Waals surface area (Å²) in [5.41, 5.74) is 0.479. The molecule has 0 amide bonds. The smallest absolute Gasteiger partial charge is 0.130 e. The van der Waals surface area contributed by atoms with E-state index in [9.17, 15) is 8.78 Å². The highest BCUT2D eigenvalue weighted by Crippen LogP contribution is 2.39. The van der Waals surface area contributed by atoms with Crippen molar-refractivity contribution >= 4 is 0 Å². The average Bonchev–Trinajstić information content (AvgIpc) is 2.20. The zero-order chi connectivity index (χ0) is 11.6. The molecule has 1 aliphatic carbocycles. The molecule has 1 fully saturated rings. The summed E-state index contributed by atoms with van der Waals surface area (Å²) in [4.78, 5) is 0. The third-order valence-corrected chi connectivity index (χ3v) is 3.48. The minimum Gasteiger partial charge on any atom is -0.312 e. The molecule has 1 saturated carbocycles. The van der Waals surface area contributed by atoms with Gasteiger partial charge in [0.2, 0.25) is 0 Å². The fourth-order valence-corrected chi connectivity index (χ4v) is 2.15. The third kappa shape index (κ3) is 2.40. The fourth-order valence-electron chi connectivity index (χ4n) is 2.15. The van der Waals surface area contributed by atoms with E-state index in [2.05, 4.69) is 12.2 Å². The van der Waals surface area contributed by atoms with Crippen LogP contribution in [0.1, 0.15) is 31.7 Å². The molecule has 0 unspecified atom stereocenters. The summed E-state index contributed by atoms with van der Waals surface area (Å²) in [6.45, 7) is 3.32. The lowest BCUT2D eigenvalue weighted by atomic mass is 9.70. The second kappa shape index (κ2) is 4.50. The molecule has 0 aromatic heterocycles. The molecule has 88 valence electrons. The first kappa shape index (κ1) is 11.5. The van der Waals surface area contributed by atoms with Gasteiger partial charge in [0.15, 0.2) is 0 Å². The minimum atomic E-state index is -0.466. The predicted octanol–water partition coefficient (Wildman–Crippen LogP) is 3.24. The maximum atomic E-state index is 13.3. The zero-order valence-electron chi connectivity index (χ0n) is 9.52. The van der Waals surface area contributed by atoms with Crippen LogP contribution >= 0.6 is 0 Å². The van der Waals surface area contributed by atoms with Crippen LogP contribution in [0.15, 0.2) is 18.2 Å². The number of rotatable bonds is 4. The van der Waals surface area contributed by atoms with Crippen LogP contribution in [0, 0.1) is 17.0 Å². The van der Waals surface area contributed by atoms with Gasteiger partial charge in [0.25, 0.3) is 0 Å². The van der Waals surface area contributed by atoms with Gasteiger partial charge in [-0.25, -0.2) is 8.78 Å². The monoisotopic (exact) mass is 225 g/mol. The standard InChI is InChI=1S/C13H17F2N/c1-13(6-3-7-13)9-16-8-10-11(14)4-2-5-12(10)15/h2,4-5,16H,3,6-9H2,1H3. The molecule has 0 radical (unpaired) electrons. The molecule has 0 spiro atoms. The predicted molar refractivity (Wildman–Crippen MR) is 60.0 cm³/mol. The highest BCUT2D eigenvalue weighted by atomic mass is 19.1. The van der Waals surface area contributed by atoms with Crippen molar-refractivity contribution in [3.8, 4) is 0 Å². The van der Waals surface area contributed by atoms with Crippen molar-refractivity contribution in [2.45, 2.75) is 32.7 Å². The van der Waals surface area contributed by atoms with Gasteiger partial charge >= 0.3 is 0 Å². The summed E-state index contributed by atoms with van der Waals surface area (Å²) < 4.78 is 26.6. The van der Waals surface area contributed by atoms with Crippen molar-refractivity contribution in [1.29, 1.82) is 0 Å². The van der Waals surface area contributed by atoms with Gasteiger partial charge in [-0.1, -0.05) is 19.4 Å². The molecule has 1 aliphatic rings. The average molecular weight is 225 g/mol. The van der Waals surface area contributed by atoms with Crippen molar-refractivity contribution < 1.29 is 8.78 Å². The van der Waals surface area contributed by atoms with Gasteiger partial charge in [0.05, 0.1) is 0 Å². The number of hydrogen-bond acceptors (Lipinski definition) is 1. The van der Waals surface area contributed by atoms with Crippen molar-refractivity contribution in [1.82, 2.24) is 5.32 Å². The Hall–Kier alpha value is -0.960. The summed E-state index contributed by atoms with van der Waals surface area (Å²) in [5, 5.41) is 3.15. The lowest BCUT2D eigenvalue weighted by Crippen LogP contribution is -2.37. The van der Waals surface area contributed by atoms with Crippen LogP contribution in [0.25, 0.3) is 0 Å². The van der Waals surface area contributed by atoms with Crippen molar-refractivity contribution in [2.75, 3.05) is 6.54 Å². The van der Waals surface area contributed by atoms with Crippen LogP contribution in [-0.2, 0) is 6.54 Å². The Labute approximate surface area is 94.9 Å². The Bertz CT molecular complexity index is 352. The first-order valence-electron chi connectivity index (χ1n) is 5.74. The molecule has 1 N–H and O–H groups in total. The van der Waals surface area contributed by atoms with Crippen LogP contribution in [0.3, 0.4) is 0 Å². The molecule has 3 heteroatoms. The maximum Gasteiger partial charge on any atom is 0.130 e. The first-order chi connectivity index (χ1) is 7.61. The van der Waals surface area contributed by atoms with Gasteiger partial charge in [-0.15, -0.1) is 0 Å². The number of nitrogens with one attached hydrogen (secondary N) is 1. The quantitative estimate of drug-likeness (QED) is 0.829. The highest BCUT2D eigenvalue weighted by molar-refractivity contribution is 5.19. The second-order valence-corrected chi connectivity index (χ2v) is 4.97. The van der Waals surface area contributed by atoms with Gasteiger partial charge in [-0.05, 0) is 30.4 Å². The van der Waals surface area contributed by atoms with E-state index in [0.29, 0.717) is 5.41 Å². The first-order valence-corrected chi connectivity index (χ1v) is 5.74. The van der Waals surface area contributed by atoms with Gasteiger partial charge in [-0.2, -0.15) is 0 Å². The summed E-state index contributed by atoms with van der Waals surface area (Å²) in [6.07, 6.45) is 3.69. The van der Waals surface area contributed by atoms with Gasteiger partial charge in [0.1, 0.15) is 11.6 Å². The molecule has 1 aromatic carbocycles. The van der Waals surface area contributed by atoms with Crippen LogP contribution in [0.4, 0.5) is 8.78 Å². The molecule has 0 heterocycles. The van der Waals surface area contributed by atoms with Crippen LogP contribution in [0.2, 0.25) is 0 Å². The minimum absolute atomic E-state index is 0.144. The largest absolute Gasteiger partial charge is 0.312 e. The molecule has 16 heavy (non-hydrogen) atoms. The van der Waals surface area contributed by atoms with Crippen molar-refractivity contribution in [3.05, 3.63) is 35.4 Å². The van der Waals surface area contributed by atoms with Gasteiger partial charge < -0.3 is 5.32 Å². The van der Waals surface area contributed by atoms with E-state index >= 15 is 0 Å². The summed E-state index contributed by atoms with van der Waals surface area (Å²) in [5.74, 6) is -0.933. The van der Waals surface area contributed by atoms with E-state index in [1.807, 2.05) is 0 Å². The molecule has 0 bridgehead atoms. The number of hydrogen-bond donors (Lipinski definition) is 1. The maximum absolute atomic E-state index is 13.3. The normalized spacial score (nSPS) is 18.2. The molecular formula is C13H17F2N. The van der Waals surface area contributed by atoms with Gasteiger partial charge in [-0.3, -0.25) is 0 Å². The number of halogens is 2. The van der Waals surface area contributed by atoms with Crippen molar-refractivity contribution in [3.63, 3.8) is 0 Å². The van der Waals surface area contributed by atoms with Crippen LogP contribution in [-0.4, -0.2) is 6.54 Å². The van der Waals surface area contributed by atoms with Crippen molar-refractivity contribution in [2.24, 2.45) is 5.41 Å². The Morgan fingerprint density at radius 2 is 1.88 bits per heavy atom. The molecule has 1 aromatic rings. The van der Waals surface area contributed by atoms with E-state index in [1.165, 1.54) is 37.5 Å². The fraction of sp³-hybridized carbons (Fsp3) is 0.538. The van der Waals surface area contributed by atoms with E-state index in [1.54, 1.807) is 0 Å². The van der Waals surface area contributed by atoms with Crippen LogP contribution in [0.5, 0.6) is 0 Å². The second-order valence-electron chi connectivity index (χ2n) is 4.97. The third-order valence-electron chi connectivity index (χ3n) is 3.48. The SMILES string of the molecule is CC1(CNCc2c(F)cccc2F)CCC1. The van der Waals surface area contributed by atoms with E-state index < -0.39 is 11.6 Å². The summed E-state index contributed by atoms with van der Waals surface area (Å²) >= 11 is 0. The molecule has 0 atom stereocenters.